The zero-order valence-corrected chi connectivity index (χ0v) is 17.0. The maximum absolute atomic E-state index is 2.31. The van der Waals surface area contributed by atoms with E-state index in [1.165, 1.54) is 16.8 Å². The Hall–Kier alpha value is 0.0723. The molecule has 0 saturated carbocycles. The molecule has 1 nitrogen and oxygen atoms in total. The van der Waals surface area contributed by atoms with Crippen LogP contribution in [0.4, 0.5) is 0 Å². The molecule has 1 atom stereocenters. The van der Waals surface area contributed by atoms with Gasteiger partial charge in [-0.15, -0.1) is 0 Å². The normalized spacial score (nSPS) is 11.1. The molecule has 1 unspecified atom stereocenters. The van der Waals surface area contributed by atoms with Crippen molar-refractivity contribution >= 4 is 18.5 Å². The number of hydrogen-bond donors (Lipinski definition) is 0. The van der Waals surface area contributed by atoms with Gasteiger partial charge in [0.15, 0.2) is 0 Å². The van der Waals surface area contributed by atoms with Gasteiger partial charge in [0.2, 0.25) is 0 Å². The third kappa shape index (κ3) is 7.10. The van der Waals surface area contributed by atoms with Crippen molar-refractivity contribution in [2.45, 2.75) is 13.0 Å². The third-order valence-corrected chi connectivity index (χ3v) is 6.20. The molecule has 0 fully saturated rings. The van der Waals surface area contributed by atoms with E-state index in [4.69, 9.17) is 0 Å². The zero-order valence-electron chi connectivity index (χ0n) is 13.0. The summed E-state index contributed by atoms with van der Waals surface area (Å²) in [5.41, 5.74) is 0. The molecule has 0 amide bonds. The molecule has 22 heavy (non-hydrogen) atoms. The molecule has 0 aliphatic rings. The van der Waals surface area contributed by atoms with Gasteiger partial charge in [-0.3, -0.25) is 0 Å². The fraction of sp³-hybridized carbons (Fsp3) is 0.294. The van der Waals surface area contributed by atoms with Gasteiger partial charge in [-0.1, -0.05) is 60.7 Å². The fourth-order valence-corrected chi connectivity index (χ4v) is 4.64. The molecule has 2 rings (SSSR count). The van der Waals surface area contributed by atoms with Crippen LogP contribution in [0.15, 0.2) is 60.7 Å². The van der Waals surface area contributed by atoms with Gasteiger partial charge in [-0.05, 0) is 45.7 Å². The standard InChI is InChI=1S/C17H22NP.2ClH.Pd/c1-15(18(2)3)14-19(16-10-6-4-7-11-16)17-12-8-5-9-13-17;;;/h4-13,15H,14H2,1-3H3;2*1H;/q;;;+2/p-2. The molecule has 0 saturated heterocycles. The first-order chi connectivity index (χ1) is 9.18. The van der Waals surface area contributed by atoms with E-state index >= 15 is 0 Å². The molecule has 5 heteroatoms. The first-order valence-electron chi connectivity index (χ1n) is 6.72. The Bertz CT molecular complexity index is 457. The Morgan fingerprint density at radius 2 is 1.18 bits per heavy atom. The Kier molecular flexibility index (Phi) is 13.8. The molecule has 0 bridgehead atoms. The van der Waals surface area contributed by atoms with E-state index < -0.39 is 0 Å². The summed E-state index contributed by atoms with van der Waals surface area (Å²) in [7, 11) is 4.06. The van der Waals surface area contributed by atoms with Crippen LogP contribution in [0.3, 0.4) is 0 Å². The maximum Gasteiger partial charge on any atom is 2.00 e. The van der Waals surface area contributed by atoms with Crippen molar-refractivity contribution in [2.75, 3.05) is 20.3 Å². The molecule has 0 aliphatic carbocycles. The second-order valence-electron chi connectivity index (χ2n) is 5.09. The van der Waals surface area contributed by atoms with Gasteiger partial charge in [0.25, 0.3) is 0 Å². The van der Waals surface area contributed by atoms with E-state index in [2.05, 4.69) is 86.6 Å². The zero-order chi connectivity index (χ0) is 13.7. The molecular weight excluding hydrogens is 426 g/mol. The Morgan fingerprint density at radius 1 is 0.818 bits per heavy atom. The molecule has 0 N–H and O–H groups in total. The Balaban J connectivity index is 0. The smallest absolute Gasteiger partial charge is 1.00 e. The van der Waals surface area contributed by atoms with Gasteiger partial charge < -0.3 is 29.7 Å². The summed E-state index contributed by atoms with van der Waals surface area (Å²) in [4.78, 5) is 2.31. The quantitative estimate of drug-likeness (QED) is 0.350. The maximum atomic E-state index is 2.31. The fourth-order valence-electron chi connectivity index (χ4n) is 2.00. The summed E-state index contributed by atoms with van der Waals surface area (Å²) in [6.07, 6.45) is 1.20. The minimum atomic E-state index is -0.264. The summed E-state index contributed by atoms with van der Waals surface area (Å²) in [6.45, 7) is 2.31. The molecule has 124 valence electrons. The Morgan fingerprint density at radius 3 is 1.50 bits per heavy atom. The molecular formula is C17H22Cl2NPPd. The summed E-state index contributed by atoms with van der Waals surface area (Å²) in [5.74, 6) is 0. The first-order valence-corrected chi connectivity index (χ1v) is 8.25. The van der Waals surface area contributed by atoms with Crippen LogP contribution in [0.1, 0.15) is 6.92 Å². The second kappa shape index (κ2) is 12.5. The van der Waals surface area contributed by atoms with Crippen molar-refractivity contribution < 1.29 is 45.2 Å². The minimum Gasteiger partial charge on any atom is -1.00 e. The molecule has 0 spiro atoms. The molecule has 0 aliphatic heterocycles. The van der Waals surface area contributed by atoms with Crippen LogP contribution in [0.5, 0.6) is 0 Å². The van der Waals surface area contributed by atoms with Gasteiger partial charge in [0.05, 0.1) is 0 Å². The molecule has 2 aromatic carbocycles. The van der Waals surface area contributed by atoms with Crippen molar-refractivity contribution in [2.24, 2.45) is 0 Å². The van der Waals surface area contributed by atoms with Crippen LogP contribution >= 0.6 is 7.92 Å². The van der Waals surface area contributed by atoms with Crippen LogP contribution in [0.25, 0.3) is 0 Å². The number of nitrogens with zero attached hydrogens (tertiary/aromatic N) is 1. The van der Waals surface area contributed by atoms with Crippen LogP contribution in [-0.2, 0) is 20.4 Å². The van der Waals surface area contributed by atoms with Crippen molar-refractivity contribution in [3.63, 3.8) is 0 Å². The van der Waals surface area contributed by atoms with Gasteiger partial charge in [-0.2, -0.15) is 0 Å². The largest absolute Gasteiger partial charge is 2.00 e. The van der Waals surface area contributed by atoms with Gasteiger partial charge in [0, 0.05) is 6.04 Å². The van der Waals surface area contributed by atoms with Crippen LogP contribution in [0, 0.1) is 0 Å². The summed E-state index contributed by atoms with van der Waals surface area (Å²) < 4.78 is 0. The average molecular weight is 449 g/mol. The summed E-state index contributed by atoms with van der Waals surface area (Å²) >= 11 is 0. The van der Waals surface area contributed by atoms with E-state index in [1.807, 2.05) is 0 Å². The van der Waals surface area contributed by atoms with Crippen molar-refractivity contribution in [3.8, 4) is 0 Å². The number of hydrogen-bond acceptors (Lipinski definition) is 1. The summed E-state index contributed by atoms with van der Waals surface area (Å²) in [6, 6.07) is 22.4. The molecule has 2 aromatic rings. The second-order valence-corrected chi connectivity index (χ2v) is 7.35. The van der Waals surface area contributed by atoms with E-state index in [1.54, 1.807) is 0 Å². The van der Waals surface area contributed by atoms with Crippen molar-refractivity contribution in [1.29, 1.82) is 0 Å². The van der Waals surface area contributed by atoms with E-state index in [0.717, 1.165) is 0 Å². The van der Waals surface area contributed by atoms with Gasteiger partial charge in [0.1, 0.15) is 0 Å². The number of benzene rings is 2. The van der Waals surface area contributed by atoms with Crippen molar-refractivity contribution in [1.82, 2.24) is 4.90 Å². The molecule has 0 radical (unpaired) electrons. The summed E-state index contributed by atoms with van der Waals surface area (Å²) in [5, 5.41) is 2.94. The van der Waals surface area contributed by atoms with Gasteiger partial charge >= 0.3 is 20.4 Å². The monoisotopic (exact) mass is 447 g/mol. The third-order valence-electron chi connectivity index (χ3n) is 3.46. The predicted molar refractivity (Wildman–Crippen MR) is 87.1 cm³/mol. The van der Waals surface area contributed by atoms with E-state index in [-0.39, 0.29) is 53.2 Å². The Labute approximate surface area is 162 Å². The topological polar surface area (TPSA) is 3.24 Å². The van der Waals surface area contributed by atoms with Gasteiger partial charge in [-0.25, -0.2) is 0 Å². The van der Waals surface area contributed by atoms with Crippen LogP contribution < -0.4 is 35.4 Å². The SMILES string of the molecule is CC(CP(c1ccccc1)c1ccccc1)N(C)C.[Cl-].[Cl-].[Pd+2]. The van der Waals surface area contributed by atoms with E-state index in [0.29, 0.717) is 6.04 Å². The minimum absolute atomic E-state index is 0. The van der Waals surface area contributed by atoms with E-state index in [9.17, 15) is 0 Å². The number of rotatable bonds is 5. The number of halogens is 2. The van der Waals surface area contributed by atoms with Crippen LogP contribution in [-0.4, -0.2) is 31.2 Å². The average Bonchev–Trinajstić information content (AvgIpc) is 2.46. The predicted octanol–water partition coefficient (Wildman–Crippen LogP) is -2.93. The van der Waals surface area contributed by atoms with Crippen molar-refractivity contribution in [3.05, 3.63) is 60.7 Å². The van der Waals surface area contributed by atoms with Crippen LogP contribution in [0.2, 0.25) is 0 Å². The molecule has 0 aromatic heterocycles. The molecule has 0 heterocycles. The first kappa shape index (κ1) is 24.3.